The normalized spacial score (nSPS) is 21.5. The summed E-state index contributed by atoms with van der Waals surface area (Å²) in [5.41, 5.74) is 4.10. The van der Waals surface area contributed by atoms with Gasteiger partial charge in [0.25, 0.3) is 0 Å². The number of anilines is 1. The first-order valence-corrected chi connectivity index (χ1v) is 7.61. The fourth-order valence-corrected chi connectivity index (χ4v) is 2.68. The Bertz CT molecular complexity index is 584. The second kappa shape index (κ2) is 7.40. The number of hydrogen-bond acceptors (Lipinski definition) is 5. The predicted octanol–water partition coefficient (Wildman–Crippen LogP) is 3.29. The number of Topliss-reactive ketones (excluding diaryl/α,β-unsaturated/α-hetero) is 1. The molecular weight excluding hydrogens is 304 g/mol. The van der Waals surface area contributed by atoms with Crippen LogP contribution < -0.4 is 5.43 Å². The summed E-state index contributed by atoms with van der Waals surface area (Å²) < 4.78 is 4.73. The molecule has 1 aliphatic carbocycles. The van der Waals surface area contributed by atoms with Crippen LogP contribution in [0.3, 0.4) is 0 Å². The monoisotopic (exact) mass is 322 g/mol. The van der Waals surface area contributed by atoms with Crippen LogP contribution in [0.4, 0.5) is 5.69 Å². The van der Waals surface area contributed by atoms with E-state index in [1.165, 1.54) is 7.11 Å². The summed E-state index contributed by atoms with van der Waals surface area (Å²) in [4.78, 5) is 24.1. The molecule has 1 fully saturated rings. The number of ether oxygens (including phenoxy) is 1. The summed E-state index contributed by atoms with van der Waals surface area (Å²) in [6.45, 7) is 1.73. The number of hydrogen-bond donors (Lipinski definition) is 1. The van der Waals surface area contributed by atoms with E-state index >= 15 is 0 Å². The molecule has 118 valence electrons. The highest BCUT2D eigenvalue weighted by Gasteiger charge is 2.35. The van der Waals surface area contributed by atoms with Crippen LogP contribution in [0.1, 0.15) is 26.2 Å². The molecule has 2 unspecified atom stereocenters. The summed E-state index contributed by atoms with van der Waals surface area (Å²) in [6.07, 6.45) is 2.14. The predicted molar refractivity (Wildman–Crippen MR) is 86.0 cm³/mol. The van der Waals surface area contributed by atoms with Gasteiger partial charge in [-0.15, -0.1) is 0 Å². The largest absolute Gasteiger partial charge is 0.469 e. The van der Waals surface area contributed by atoms with Crippen molar-refractivity contribution in [1.82, 2.24) is 0 Å². The van der Waals surface area contributed by atoms with Crippen LogP contribution in [-0.4, -0.2) is 24.6 Å². The number of rotatable bonds is 4. The number of carbonyl (C=O) groups is 2. The lowest BCUT2D eigenvalue weighted by Gasteiger charge is -2.25. The number of carbonyl (C=O) groups excluding carboxylic acids is 2. The minimum absolute atomic E-state index is 0.0781. The van der Waals surface area contributed by atoms with Gasteiger partial charge in [0.15, 0.2) is 5.78 Å². The Morgan fingerprint density at radius 3 is 2.73 bits per heavy atom. The van der Waals surface area contributed by atoms with Crippen molar-refractivity contribution in [3.63, 3.8) is 0 Å². The summed E-state index contributed by atoms with van der Waals surface area (Å²) in [6, 6.07) is 7.06. The van der Waals surface area contributed by atoms with E-state index in [0.717, 1.165) is 12.1 Å². The van der Waals surface area contributed by atoms with Crippen LogP contribution in [0.25, 0.3) is 0 Å². The molecule has 1 aromatic carbocycles. The van der Waals surface area contributed by atoms with Gasteiger partial charge in [-0.2, -0.15) is 5.10 Å². The molecule has 2 rings (SSSR count). The highest BCUT2D eigenvalue weighted by molar-refractivity contribution is 6.41. The van der Waals surface area contributed by atoms with Crippen LogP contribution in [0.5, 0.6) is 0 Å². The minimum Gasteiger partial charge on any atom is -0.469 e. The summed E-state index contributed by atoms with van der Waals surface area (Å²) in [7, 11) is 1.34. The van der Waals surface area contributed by atoms with E-state index in [4.69, 9.17) is 16.3 Å². The van der Waals surface area contributed by atoms with Crippen molar-refractivity contribution < 1.29 is 14.3 Å². The maximum Gasteiger partial charge on any atom is 0.309 e. The average molecular weight is 323 g/mol. The third-order valence-corrected chi connectivity index (χ3v) is 4.14. The van der Waals surface area contributed by atoms with Crippen molar-refractivity contribution >= 4 is 34.8 Å². The van der Waals surface area contributed by atoms with Crippen molar-refractivity contribution in [3.05, 3.63) is 29.3 Å². The molecule has 22 heavy (non-hydrogen) atoms. The van der Waals surface area contributed by atoms with E-state index in [0.29, 0.717) is 23.6 Å². The Hall–Kier alpha value is -1.88. The van der Waals surface area contributed by atoms with Crippen molar-refractivity contribution in [1.29, 1.82) is 0 Å². The standard InChI is InChI=1S/C16H19ClN2O3/c1-10(16(21)22-2)13-4-3-5-14(15(13)20)19-18-12-8-6-11(17)7-9-12/h6-10,13,18H,3-5H2,1-2H3. The first-order chi connectivity index (χ1) is 10.5. The second-order valence-electron chi connectivity index (χ2n) is 5.35. The van der Waals surface area contributed by atoms with Gasteiger partial charge in [-0.1, -0.05) is 18.5 Å². The SMILES string of the molecule is COC(=O)C(C)C1CCCC(=NNc2ccc(Cl)cc2)C1=O. The molecular formula is C16H19ClN2O3. The van der Waals surface area contributed by atoms with E-state index < -0.39 is 5.92 Å². The molecule has 0 radical (unpaired) electrons. The van der Waals surface area contributed by atoms with Gasteiger partial charge in [-0.3, -0.25) is 15.0 Å². The fraction of sp³-hybridized carbons (Fsp3) is 0.438. The number of nitrogens with one attached hydrogen (secondary N) is 1. The average Bonchev–Trinajstić information content (AvgIpc) is 2.54. The number of nitrogens with zero attached hydrogens (tertiary/aromatic N) is 1. The zero-order valence-corrected chi connectivity index (χ0v) is 13.4. The molecule has 6 heteroatoms. The molecule has 0 aliphatic heterocycles. The fourth-order valence-electron chi connectivity index (χ4n) is 2.55. The van der Waals surface area contributed by atoms with Gasteiger partial charge in [0, 0.05) is 10.9 Å². The smallest absolute Gasteiger partial charge is 0.309 e. The lowest BCUT2D eigenvalue weighted by molar-refractivity contribution is -0.148. The highest BCUT2D eigenvalue weighted by Crippen LogP contribution is 2.27. The van der Waals surface area contributed by atoms with Crippen molar-refractivity contribution in [2.75, 3.05) is 12.5 Å². The molecule has 1 saturated carbocycles. The first-order valence-electron chi connectivity index (χ1n) is 7.23. The first kappa shape index (κ1) is 16.5. The molecule has 0 bridgehead atoms. The Morgan fingerprint density at radius 2 is 2.09 bits per heavy atom. The van der Waals surface area contributed by atoms with Gasteiger partial charge < -0.3 is 4.74 Å². The number of esters is 1. The summed E-state index contributed by atoms with van der Waals surface area (Å²) in [5.74, 6) is -1.23. The zero-order valence-electron chi connectivity index (χ0n) is 12.6. The maximum absolute atomic E-state index is 12.5. The van der Waals surface area contributed by atoms with Crippen molar-refractivity contribution in [3.8, 4) is 0 Å². The van der Waals surface area contributed by atoms with Crippen LogP contribution in [0.2, 0.25) is 5.02 Å². The van der Waals surface area contributed by atoms with Crippen molar-refractivity contribution in [2.45, 2.75) is 26.2 Å². The molecule has 0 aromatic heterocycles. The summed E-state index contributed by atoms with van der Waals surface area (Å²) >= 11 is 5.82. The van der Waals surface area contributed by atoms with Crippen molar-refractivity contribution in [2.24, 2.45) is 16.9 Å². The number of benzene rings is 1. The van der Waals surface area contributed by atoms with Crippen LogP contribution in [0.15, 0.2) is 29.4 Å². The highest BCUT2D eigenvalue weighted by atomic mass is 35.5. The van der Waals surface area contributed by atoms with E-state index in [2.05, 4.69) is 10.5 Å². The minimum atomic E-state index is -0.446. The number of halogens is 1. The van der Waals surface area contributed by atoms with Gasteiger partial charge in [0.2, 0.25) is 0 Å². The molecule has 1 N–H and O–H groups in total. The van der Waals surface area contributed by atoms with E-state index in [-0.39, 0.29) is 17.7 Å². The van der Waals surface area contributed by atoms with Crippen LogP contribution >= 0.6 is 11.6 Å². The molecule has 0 saturated heterocycles. The van der Waals surface area contributed by atoms with E-state index in [1.807, 2.05) is 0 Å². The number of methoxy groups -OCH3 is 1. The van der Waals surface area contributed by atoms with Gasteiger partial charge in [0.1, 0.15) is 5.71 Å². The quantitative estimate of drug-likeness (QED) is 0.682. The number of ketones is 1. The van der Waals surface area contributed by atoms with Gasteiger partial charge in [-0.25, -0.2) is 0 Å². The molecule has 0 amide bonds. The third-order valence-electron chi connectivity index (χ3n) is 3.89. The van der Waals surface area contributed by atoms with Gasteiger partial charge in [-0.05, 0) is 43.5 Å². The Kier molecular flexibility index (Phi) is 5.55. The van der Waals surface area contributed by atoms with Gasteiger partial charge >= 0.3 is 5.97 Å². The lowest BCUT2D eigenvalue weighted by atomic mass is 9.79. The Labute approximate surface area is 134 Å². The lowest BCUT2D eigenvalue weighted by Crippen LogP contribution is -2.36. The molecule has 1 aromatic rings. The van der Waals surface area contributed by atoms with Crippen LogP contribution in [0, 0.1) is 11.8 Å². The summed E-state index contributed by atoms with van der Waals surface area (Å²) in [5, 5.41) is 4.84. The maximum atomic E-state index is 12.5. The topological polar surface area (TPSA) is 67.8 Å². The van der Waals surface area contributed by atoms with E-state index in [1.54, 1.807) is 31.2 Å². The zero-order chi connectivity index (χ0) is 16.1. The van der Waals surface area contributed by atoms with Gasteiger partial charge in [0.05, 0.1) is 18.7 Å². The number of hydrazone groups is 1. The molecule has 0 spiro atoms. The van der Waals surface area contributed by atoms with Crippen LogP contribution in [-0.2, 0) is 14.3 Å². The second-order valence-corrected chi connectivity index (χ2v) is 5.79. The third kappa shape index (κ3) is 3.85. The molecule has 5 nitrogen and oxygen atoms in total. The molecule has 0 heterocycles. The molecule has 2 atom stereocenters. The Balaban J connectivity index is 2.07. The Morgan fingerprint density at radius 1 is 1.41 bits per heavy atom. The van der Waals surface area contributed by atoms with E-state index in [9.17, 15) is 9.59 Å². The molecule has 1 aliphatic rings.